The number of thiophene rings is 1. The lowest BCUT2D eigenvalue weighted by Gasteiger charge is -2.17. The highest BCUT2D eigenvalue weighted by molar-refractivity contribution is 7.19. The molecule has 5 rings (SSSR count). The summed E-state index contributed by atoms with van der Waals surface area (Å²) in [6.45, 7) is 3.73. The molecule has 0 radical (unpaired) electrons. The number of fused-ring (bicyclic) bond motifs is 1. The van der Waals surface area contributed by atoms with E-state index in [4.69, 9.17) is 34.8 Å². The molecule has 0 spiro atoms. The number of hydrazine groups is 1. The van der Waals surface area contributed by atoms with Gasteiger partial charge in [-0.2, -0.15) is 5.10 Å². The standard InChI is InChI=1S/C22H21Cl3N4OS/c1-12-20(22(30)27-28-10-13-3-2-4-14(13)11-28)26-29(17-6-5-15(23)9-16(17)24)21(12)18-7-8-19(25)31-18/h5-9,13-14H,2-4,10-11H2,1H3,(H,27,30). The Balaban J connectivity index is 1.52. The molecule has 5 nitrogen and oxygen atoms in total. The Morgan fingerprint density at radius 3 is 2.52 bits per heavy atom. The van der Waals surface area contributed by atoms with Crippen LogP contribution in [0.15, 0.2) is 30.3 Å². The molecular weight excluding hydrogens is 475 g/mol. The van der Waals surface area contributed by atoms with Gasteiger partial charge in [0.1, 0.15) is 0 Å². The summed E-state index contributed by atoms with van der Waals surface area (Å²) in [6, 6.07) is 9.00. The number of hydrogen-bond acceptors (Lipinski definition) is 4. The average Bonchev–Trinajstić information content (AvgIpc) is 3.46. The van der Waals surface area contributed by atoms with E-state index in [1.165, 1.54) is 30.6 Å². The van der Waals surface area contributed by atoms with Gasteiger partial charge in [0.15, 0.2) is 5.69 Å². The molecule has 1 aliphatic carbocycles. The number of nitrogens with zero attached hydrogens (tertiary/aromatic N) is 3. The number of carbonyl (C=O) groups is 1. The van der Waals surface area contributed by atoms with Gasteiger partial charge in [0.25, 0.3) is 5.91 Å². The summed E-state index contributed by atoms with van der Waals surface area (Å²) >= 11 is 20.2. The lowest BCUT2D eigenvalue weighted by molar-refractivity contribution is 0.0808. The maximum absolute atomic E-state index is 13.2. The zero-order chi connectivity index (χ0) is 21.7. The fraction of sp³-hybridized carbons (Fsp3) is 0.364. The van der Waals surface area contributed by atoms with E-state index in [1.807, 2.05) is 24.1 Å². The first-order chi connectivity index (χ1) is 14.9. The van der Waals surface area contributed by atoms with Crippen molar-refractivity contribution in [1.29, 1.82) is 0 Å². The quantitative estimate of drug-likeness (QED) is 0.466. The monoisotopic (exact) mass is 494 g/mol. The van der Waals surface area contributed by atoms with E-state index in [1.54, 1.807) is 22.9 Å². The van der Waals surface area contributed by atoms with E-state index in [0.717, 1.165) is 29.2 Å². The van der Waals surface area contributed by atoms with Gasteiger partial charge in [0, 0.05) is 23.7 Å². The highest BCUT2D eigenvalue weighted by Gasteiger charge is 2.37. The van der Waals surface area contributed by atoms with E-state index in [2.05, 4.69) is 10.5 Å². The van der Waals surface area contributed by atoms with Crippen LogP contribution >= 0.6 is 46.1 Å². The highest BCUT2D eigenvalue weighted by Crippen LogP contribution is 2.38. The molecule has 2 aromatic heterocycles. The fourth-order valence-electron chi connectivity index (χ4n) is 4.79. The van der Waals surface area contributed by atoms with Crippen LogP contribution in [0, 0.1) is 18.8 Å². The molecule has 2 aliphatic rings. The van der Waals surface area contributed by atoms with Crippen LogP contribution in [0.2, 0.25) is 14.4 Å². The predicted molar refractivity (Wildman–Crippen MR) is 127 cm³/mol. The molecule has 162 valence electrons. The summed E-state index contributed by atoms with van der Waals surface area (Å²) in [5.74, 6) is 1.18. The Hall–Kier alpha value is -1.57. The summed E-state index contributed by atoms with van der Waals surface area (Å²) in [5.41, 5.74) is 5.69. The van der Waals surface area contributed by atoms with Crippen LogP contribution in [0.25, 0.3) is 16.3 Å². The molecule has 1 saturated heterocycles. The molecular formula is C22H21Cl3N4OS. The number of hydrogen-bond donors (Lipinski definition) is 1. The summed E-state index contributed by atoms with van der Waals surface area (Å²) < 4.78 is 2.38. The zero-order valence-corrected chi connectivity index (χ0v) is 20.0. The van der Waals surface area contributed by atoms with Gasteiger partial charge < -0.3 is 0 Å². The van der Waals surface area contributed by atoms with Crippen molar-refractivity contribution in [2.75, 3.05) is 13.1 Å². The normalized spacial score (nSPS) is 20.9. The molecule has 1 aromatic carbocycles. The maximum atomic E-state index is 13.2. The number of aromatic nitrogens is 2. The van der Waals surface area contributed by atoms with Crippen LogP contribution in [0.4, 0.5) is 0 Å². The van der Waals surface area contributed by atoms with E-state index < -0.39 is 0 Å². The molecule has 2 unspecified atom stereocenters. The average molecular weight is 496 g/mol. The van der Waals surface area contributed by atoms with Crippen molar-refractivity contribution < 1.29 is 4.79 Å². The van der Waals surface area contributed by atoms with Gasteiger partial charge in [0.2, 0.25) is 0 Å². The Morgan fingerprint density at radius 1 is 1.13 bits per heavy atom. The molecule has 3 heterocycles. The van der Waals surface area contributed by atoms with Gasteiger partial charge in [-0.05, 0) is 61.9 Å². The van der Waals surface area contributed by atoms with E-state index in [-0.39, 0.29) is 5.91 Å². The third-order valence-corrected chi connectivity index (χ3v) is 8.04. The number of carbonyl (C=O) groups excluding carboxylic acids is 1. The van der Waals surface area contributed by atoms with Gasteiger partial charge >= 0.3 is 0 Å². The Morgan fingerprint density at radius 2 is 1.87 bits per heavy atom. The van der Waals surface area contributed by atoms with Crippen LogP contribution in [-0.2, 0) is 0 Å². The van der Waals surface area contributed by atoms with Crippen molar-refractivity contribution in [2.45, 2.75) is 26.2 Å². The molecule has 2 fully saturated rings. The highest BCUT2D eigenvalue weighted by atomic mass is 35.5. The van der Waals surface area contributed by atoms with Crippen LogP contribution in [0.1, 0.15) is 35.3 Å². The molecule has 1 amide bonds. The number of halogens is 3. The second-order valence-electron chi connectivity index (χ2n) is 8.23. The number of amides is 1. The van der Waals surface area contributed by atoms with Crippen molar-refractivity contribution in [3.63, 3.8) is 0 Å². The zero-order valence-electron chi connectivity index (χ0n) is 16.9. The maximum Gasteiger partial charge on any atom is 0.286 e. The lowest BCUT2D eigenvalue weighted by Crippen LogP contribution is -2.41. The van der Waals surface area contributed by atoms with Gasteiger partial charge in [-0.3, -0.25) is 10.2 Å². The fourth-order valence-corrected chi connectivity index (χ4v) is 6.41. The number of benzene rings is 1. The van der Waals surface area contributed by atoms with Gasteiger partial charge in [-0.25, -0.2) is 9.69 Å². The Bertz CT molecular complexity index is 1150. The molecule has 1 saturated carbocycles. The topological polar surface area (TPSA) is 50.2 Å². The Labute approximate surface area is 199 Å². The van der Waals surface area contributed by atoms with Crippen molar-refractivity contribution in [3.8, 4) is 16.3 Å². The SMILES string of the molecule is Cc1c(C(=O)NN2CC3CCCC3C2)nn(-c2ccc(Cl)cc2Cl)c1-c1ccc(Cl)s1. The summed E-state index contributed by atoms with van der Waals surface area (Å²) in [4.78, 5) is 14.1. The molecule has 1 aliphatic heterocycles. The minimum atomic E-state index is -0.204. The van der Waals surface area contributed by atoms with Crippen molar-refractivity contribution >= 4 is 52.0 Å². The molecule has 3 aromatic rings. The van der Waals surface area contributed by atoms with Crippen LogP contribution < -0.4 is 5.43 Å². The minimum Gasteiger partial charge on any atom is -0.283 e. The molecule has 0 bridgehead atoms. The van der Waals surface area contributed by atoms with Gasteiger partial charge in [0.05, 0.1) is 25.6 Å². The number of rotatable bonds is 4. The summed E-state index contributed by atoms with van der Waals surface area (Å²) in [7, 11) is 0. The summed E-state index contributed by atoms with van der Waals surface area (Å²) in [6.07, 6.45) is 3.81. The number of nitrogens with one attached hydrogen (secondary N) is 1. The third kappa shape index (κ3) is 4.00. The summed E-state index contributed by atoms with van der Waals surface area (Å²) in [5, 5.41) is 7.73. The smallest absolute Gasteiger partial charge is 0.283 e. The molecule has 9 heteroatoms. The second-order valence-corrected chi connectivity index (χ2v) is 10.8. The first-order valence-electron chi connectivity index (χ1n) is 10.3. The molecule has 1 N–H and O–H groups in total. The predicted octanol–water partition coefficient (Wildman–Crippen LogP) is 6.25. The van der Waals surface area contributed by atoms with Gasteiger partial charge in [-0.15, -0.1) is 11.3 Å². The first kappa shape index (κ1) is 21.3. The molecule has 31 heavy (non-hydrogen) atoms. The van der Waals surface area contributed by atoms with Crippen LogP contribution in [0.5, 0.6) is 0 Å². The van der Waals surface area contributed by atoms with Crippen LogP contribution in [-0.4, -0.2) is 33.8 Å². The van der Waals surface area contributed by atoms with Crippen molar-refractivity contribution in [2.24, 2.45) is 11.8 Å². The van der Waals surface area contributed by atoms with E-state index >= 15 is 0 Å². The van der Waals surface area contributed by atoms with Gasteiger partial charge in [-0.1, -0.05) is 41.2 Å². The van der Waals surface area contributed by atoms with Crippen LogP contribution in [0.3, 0.4) is 0 Å². The van der Waals surface area contributed by atoms with E-state index in [9.17, 15) is 4.79 Å². The lowest BCUT2D eigenvalue weighted by atomic mass is 10.0. The third-order valence-electron chi connectivity index (χ3n) is 6.27. The van der Waals surface area contributed by atoms with E-state index in [0.29, 0.717) is 37.6 Å². The second kappa shape index (κ2) is 8.41. The van der Waals surface area contributed by atoms with Crippen molar-refractivity contribution in [1.82, 2.24) is 20.2 Å². The first-order valence-corrected chi connectivity index (χ1v) is 12.2. The molecule has 2 atom stereocenters. The van der Waals surface area contributed by atoms with Crippen molar-refractivity contribution in [3.05, 3.63) is 56.0 Å². The minimum absolute atomic E-state index is 0.204. The Kier molecular flexibility index (Phi) is 5.78. The largest absolute Gasteiger partial charge is 0.286 e.